The van der Waals surface area contributed by atoms with Crippen LogP contribution >= 0.6 is 0 Å². The first-order chi connectivity index (χ1) is 9.90. The van der Waals surface area contributed by atoms with E-state index in [1.165, 1.54) is 18.2 Å². The number of aromatic carboxylic acids is 1. The van der Waals surface area contributed by atoms with Gasteiger partial charge in [0.2, 0.25) is 10.0 Å². The average Bonchev–Trinajstić information content (AvgIpc) is 2.46. The summed E-state index contributed by atoms with van der Waals surface area (Å²) in [5, 5.41) is 8.90. The molecule has 2 aromatic rings. The van der Waals surface area contributed by atoms with Gasteiger partial charge in [-0.25, -0.2) is 17.9 Å². The van der Waals surface area contributed by atoms with Crippen LogP contribution in [-0.2, 0) is 16.6 Å². The molecule has 0 saturated heterocycles. The van der Waals surface area contributed by atoms with Crippen molar-refractivity contribution in [2.24, 2.45) is 0 Å². The van der Waals surface area contributed by atoms with Crippen LogP contribution in [0.1, 0.15) is 21.5 Å². The van der Waals surface area contributed by atoms with Gasteiger partial charge in [-0.1, -0.05) is 6.07 Å². The maximum atomic E-state index is 12.2. The Balaban J connectivity index is 2.21. The Bertz CT molecular complexity index is 772. The lowest BCUT2D eigenvalue weighted by molar-refractivity contribution is 0.0696. The maximum absolute atomic E-state index is 12.2. The van der Waals surface area contributed by atoms with E-state index in [4.69, 9.17) is 5.11 Å². The second-order valence-corrected chi connectivity index (χ2v) is 6.23. The minimum Gasteiger partial charge on any atom is -0.478 e. The molecule has 1 heterocycles. The van der Waals surface area contributed by atoms with Crippen molar-refractivity contribution >= 4 is 16.0 Å². The number of aromatic nitrogens is 1. The van der Waals surface area contributed by atoms with E-state index >= 15 is 0 Å². The molecule has 0 aliphatic carbocycles. The summed E-state index contributed by atoms with van der Waals surface area (Å²) >= 11 is 0. The van der Waals surface area contributed by atoms with Crippen molar-refractivity contribution in [3.63, 3.8) is 0 Å². The number of benzene rings is 1. The molecular formula is C14H14N2O4S. The van der Waals surface area contributed by atoms with Gasteiger partial charge >= 0.3 is 5.97 Å². The number of carbonyl (C=O) groups is 1. The first-order valence-electron chi connectivity index (χ1n) is 6.12. The Morgan fingerprint density at radius 2 is 2.10 bits per heavy atom. The van der Waals surface area contributed by atoms with Gasteiger partial charge in [-0.2, -0.15) is 0 Å². The van der Waals surface area contributed by atoms with E-state index in [0.29, 0.717) is 0 Å². The smallest absolute Gasteiger partial charge is 0.335 e. The molecule has 2 N–H and O–H groups in total. The number of rotatable bonds is 5. The zero-order valence-corrected chi connectivity index (χ0v) is 12.1. The van der Waals surface area contributed by atoms with Gasteiger partial charge in [0, 0.05) is 18.9 Å². The summed E-state index contributed by atoms with van der Waals surface area (Å²) in [6, 6.07) is 6.95. The van der Waals surface area contributed by atoms with Crippen LogP contribution in [-0.4, -0.2) is 24.5 Å². The molecule has 110 valence electrons. The summed E-state index contributed by atoms with van der Waals surface area (Å²) in [6.45, 7) is 1.95. The minimum absolute atomic E-state index is 0.0713. The zero-order chi connectivity index (χ0) is 15.5. The lowest BCUT2D eigenvalue weighted by Crippen LogP contribution is -2.24. The Kier molecular flexibility index (Phi) is 4.35. The molecule has 6 nitrogen and oxygen atoms in total. The van der Waals surface area contributed by atoms with E-state index in [2.05, 4.69) is 9.71 Å². The number of carboxylic acids is 1. The molecule has 0 fully saturated rings. The number of hydrogen-bond acceptors (Lipinski definition) is 4. The van der Waals surface area contributed by atoms with Crippen molar-refractivity contribution in [3.8, 4) is 0 Å². The molecule has 0 bridgehead atoms. The normalized spacial score (nSPS) is 11.3. The number of aryl methyl sites for hydroxylation is 1. The highest BCUT2D eigenvalue weighted by molar-refractivity contribution is 7.89. The van der Waals surface area contributed by atoms with Crippen LogP contribution in [0.4, 0.5) is 0 Å². The van der Waals surface area contributed by atoms with Gasteiger partial charge in [0.25, 0.3) is 0 Å². The van der Waals surface area contributed by atoms with Crippen LogP contribution in [0.25, 0.3) is 0 Å². The highest BCUT2D eigenvalue weighted by Crippen LogP contribution is 2.13. The fraction of sp³-hybridized carbons (Fsp3) is 0.143. The van der Waals surface area contributed by atoms with Crippen molar-refractivity contribution in [2.45, 2.75) is 18.4 Å². The highest BCUT2D eigenvalue weighted by Gasteiger charge is 2.16. The number of sulfonamides is 1. The molecule has 7 heteroatoms. The summed E-state index contributed by atoms with van der Waals surface area (Å²) in [5.74, 6) is -1.17. The molecule has 1 aromatic heterocycles. The largest absolute Gasteiger partial charge is 0.478 e. The van der Waals surface area contributed by atoms with E-state index in [1.54, 1.807) is 18.5 Å². The SMILES string of the molecule is Cc1cnccc1CNS(=O)(=O)c1cccc(C(=O)O)c1. The van der Waals surface area contributed by atoms with Gasteiger partial charge in [-0.15, -0.1) is 0 Å². The second-order valence-electron chi connectivity index (χ2n) is 4.46. The Hall–Kier alpha value is -2.25. The molecule has 1 aromatic carbocycles. The van der Waals surface area contributed by atoms with Crippen LogP contribution in [0.3, 0.4) is 0 Å². The van der Waals surface area contributed by atoms with Crippen molar-refractivity contribution in [3.05, 3.63) is 59.4 Å². The number of hydrogen-bond donors (Lipinski definition) is 2. The molecule has 0 spiro atoms. The zero-order valence-electron chi connectivity index (χ0n) is 11.3. The third-order valence-electron chi connectivity index (χ3n) is 2.98. The summed E-state index contributed by atoms with van der Waals surface area (Å²) in [6.07, 6.45) is 3.23. The quantitative estimate of drug-likeness (QED) is 0.874. The van der Waals surface area contributed by atoms with Gasteiger partial charge in [-0.3, -0.25) is 4.98 Å². The van der Waals surface area contributed by atoms with E-state index in [9.17, 15) is 13.2 Å². The van der Waals surface area contributed by atoms with Crippen LogP contribution in [0.2, 0.25) is 0 Å². The van der Waals surface area contributed by atoms with Gasteiger partial charge in [0.05, 0.1) is 10.5 Å². The van der Waals surface area contributed by atoms with Crippen LogP contribution in [0, 0.1) is 6.92 Å². The fourth-order valence-electron chi connectivity index (χ4n) is 1.75. The Labute approximate surface area is 122 Å². The van der Waals surface area contributed by atoms with Gasteiger partial charge < -0.3 is 5.11 Å². The lowest BCUT2D eigenvalue weighted by atomic mass is 10.2. The number of nitrogens with zero attached hydrogens (tertiary/aromatic N) is 1. The van der Waals surface area contributed by atoms with Gasteiger partial charge in [0.1, 0.15) is 0 Å². The average molecular weight is 306 g/mol. The second kappa shape index (κ2) is 6.02. The third-order valence-corrected chi connectivity index (χ3v) is 4.38. The molecule has 0 saturated carbocycles. The Morgan fingerprint density at radius 3 is 2.76 bits per heavy atom. The monoisotopic (exact) mass is 306 g/mol. The summed E-state index contributed by atoms with van der Waals surface area (Å²) in [4.78, 5) is 14.7. The standard InChI is InChI=1S/C14H14N2O4S/c1-10-8-15-6-5-12(10)9-16-21(19,20)13-4-2-3-11(7-13)14(17)18/h2-8,16H,9H2,1H3,(H,17,18). The van der Waals surface area contributed by atoms with Crippen molar-refractivity contribution in [2.75, 3.05) is 0 Å². The molecule has 21 heavy (non-hydrogen) atoms. The van der Waals surface area contributed by atoms with E-state index in [1.807, 2.05) is 6.92 Å². The highest BCUT2D eigenvalue weighted by atomic mass is 32.2. The maximum Gasteiger partial charge on any atom is 0.335 e. The van der Waals surface area contributed by atoms with Crippen molar-refractivity contribution < 1.29 is 18.3 Å². The lowest BCUT2D eigenvalue weighted by Gasteiger charge is -2.09. The third kappa shape index (κ3) is 3.65. The first kappa shape index (κ1) is 15.1. The molecule has 0 aliphatic heterocycles. The topological polar surface area (TPSA) is 96.4 Å². The molecule has 0 unspecified atom stereocenters. The van der Waals surface area contributed by atoms with Gasteiger partial charge in [0.15, 0.2) is 0 Å². The summed E-state index contributed by atoms with van der Waals surface area (Å²) < 4.78 is 26.8. The van der Waals surface area contributed by atoms with Crippen LogP contribution in [0.5, 0.6) is 0 Å². The minimum atomic E-state index is -3.76. The van der Waals surface area contributed by atoms with Crippen molar-refractivity contribution in [1.29, 1.82) is 0 Å². The van der Waals surface area contributed by atoms with E-state index in [0.717, 1.165) is 17.2 Å². The molecule has 0 amide bonds. The van der Waals surface area contributed by atoms with Crippen LogP contribution < -0.4 is 4.72 Å². The summed E-state index contributed by atoms with van der Waals surface area (Å²) in [5.41, 5.74) is 1.61. The molecule has 0 atom stereocenters. The summed E-state index contributed by atoms with van der Waals surface area (Å²) in [7, 11) is -3.76. The predicted molar refractivity (Wildman–Crippen MR) is 76.4 cm³/mol. The fourth-order valence-corrected chi connectivity index (χ4v) is 2.80. The van der Waals surface area contributed by atoms with Gasteiger partial charge in [-0.05, 0) is 42.3 Å². The predicted octanol–water partition coefficient (Wildman–Crippen LogP) is 1.57. The number of pyridine rings is 1. The molecule has 0 radical (unpaired) electrons. The van der Waals surface area contributed by atoms with E-state index in [-0.39, 0.29) is 17.0 Å². The molecular weight excluding hydrogens is 292 g/mol. The molecule has 0 aliphatic rings. The number of carboxylic acid groups (broad SMARTS) is 1. The molecule has 2 rings (SSSR count). The number of nitrogens with one attached hydrogen (secondary N) is 1. The van der Waals surface area contributed by atoms with E-state index < -0.39 is 16.0 Å². The van der Waals surface area contributed by atoms with Crippen LogP contribution in [0.15, 0.2) is 47.6 Å². The first-order valence-corrected chi connectivity index (χ1v) is 7.61. The Morgan fingerprint density at radius 1 is 1.33 bits per heavy atom. The van der Waals surface area contributed by atoms with Crippen molar-refractivity contribution in [1.82, 2.24) is 9.71 Å².